The van der Waals surface area contributed by atoms with E-state index < -0.39 is 11.7 Å². The van der Waals surface area contributed by atoms with Crippen molar-refractivity contribution >= 4 is 34.8 Å². The molecule has 0 aliphatic heterocycles. The first kappa shape index (κ1) is 16.6. The van der Waals surface area contributed by atoms with E-state index in [1.54, 1.807) is 17.5 Å². The molecule has 5 nitrogen and oxygen atoms in total. The lowest BCUT2D eigenvalue weighted by Crippen LogP contribution is -2.27. The van der Waals surface area contributed by atoms with E-state index in [1.807, 2.05) is 38.4 Å². The first-order chi connectivity index (χ1) is 11.3. The maximum Gasteiger partial charge on any atom is 0.412 e. The van der Waals surface area contributed by atoms with Crippen molar-refractivity contribution in [3.05, 3.63) is 40.1 Å². The first-order valence-electron chi connectivity index (χ1n) is 7.92. The zero-order chi connectivity index (χ0) is 17.3. The summed E-state index contributed by atoms with van der Waals surface area (Å²) in [6.45, 7) is 7.69. The summed E-state index contributed by atoms with van der Waals surface area (Å²) in [5, 5.41) is 2.70. The number of carbonyl (C=O) groups is 1. The Labute approximate surface area is 145 Å². The van der Waals surface area contributed by atoms with E-state index in [0.29, 0.717) is 11.6 Å². The molecule has 1 aliphatic carbocycles. The van der Waals surface area contributed by atoms with Gasteiger partial charge < -0.3 is 4.74 Å². The second-order valence-corrected chi connectivity index (χ2v) is 7.86. The molecule has 0 aromatic carbocycles. The molecule has 0 saturated heterocycles. The zero-order valence-electron chi connectivity index (χ0n) is 14.3. The van der Waals surface area contributed by atoms with Crippen LogP contribution >= 0.6 is 11.3 Å². The Kier molecular flexibility index (Phi) is 4.41. The van der Waals surface area contributed by atoms with Crippen LogP contribution in [0.2, 0.25) is 0 Å². The van der Waals surface area contributed by atoms with Gasteiger partial charge in [-0.3, -0.25) is 10.3 Å². The van der Waals surface area contributed by atoms with Gasteiger partial charge in [0.1, 0.15) is 5.60 Å². The van der Waals surface area contributed by atoms with Gasteiger partial charge in [0.05, 0.1) is 28.8 Å². The van der Waals surface area contributed by atoms with Crippen LogP contribution in [0.4, 0.5) is 10.5 Å². The Hall–Kier alpha value is -2.21. The molecule has 1 amide bonds. The summed E-state index contributed by atoms with van der Waals surface area (Å²) >= 11 is 1.70. The summed E-state index contributed by atoms with van der Waals surface area (Å²) in [5.41, 5.74) is 5.12. The van der Waals surface area contributed by atoms with Crippen molar-refractivity contribution in [1.82, 2.24) is 9.97 Å². The highest BCUT2D eigenvalue weighted by Gasteiger charge is 2.22. The third-order valence-electron chi connectivity index (χ3n) is 3.69. The number of aromatic nitrogens is 2. The molecule has 2 aromatic heterocycles. The molecule has 6 heteroatoms. The minimum absolute atomic E-state index is 0.398. The Morgan fingerprint density at radius 1 is 1.33 bits per heavy atom. The average Bonchev–Trinajstić information content (AvgIpc) is 2.92. The van der Waals surface area contributed by atoms with E-state index >= 15 is 0 Å². The topological polar surface area (TPSA) is 64.1 Å². The summed E-state index contributed by atoms with van der Waals surface area (Å²) in [4.78, 5) is 22.0. The molecule has 1 N–H and O–H groups in total. The van der Waals surface area contributed by atoms with Gasteiger partial charge in [0.2, 0.25) is 0 Å². The number of pyridine rings is 1. The number of thiazole rings is 1. The maximum absolute atomic E-state index is 11.8. The highest BCUT2D eigenvalue weighted by Crippen LogP contribution is 2.35. The van der Waals surface area contributed by atoms with Gasteiger partial charge in [-0.25, -0.2) is 9.78 Å². The summed E-state index contributed by atoms with van der Waals surface area (Å²) in [6, 6.07) is 3.77. The summed E-state index contributed by atoms with van der Waals surface area (Å²) in [6.07, 6.45) is 4.28. The highest BCUT2D eigenvalue weighted by atomic mass is 32.1. The molecule has 3 rings (SSSR count). The molecular weight excluding hydrogens is 322 g/mol. The van der Waals surface area contributed by atoms with Gasteiger partial charge in [-0.1, -0.05) is 6.92 Å². The summed E-state index contributed by atoms with van der Waals surface area (Å²) < 4.78 is 5.24. The number of nitrogens with zero attached hydrogens (tertiary/aromatic N) is 2. The van der Waals surface area contributed by atoms with Crippen LogP contribution in [0.25, 0.3) is 11.6 Å². The number of amides is 1. The van der Waals surface area contributed by atoms with E-state index in [4.69, 9.17) is 4.74 Å². The van der Waals surface area contributed by atoms with Crippen molar-refractivity contribution in [2.24, 2.45) is 5.92 Å². The van der Waals surface area contributed by atoms with Crippen molar-refractivity contribution in [3.8, 4) is 0 Å². The number of hydrogen-bond donors (Lipinski definition) is 1. The minimum Gasteiger partial charge on any atom is -0.444 e. The van der Waals surface area contributed by atoms with Crippen molar-refractivity contribution < 1.29 is 9.53 Å². The SMILES string of the molecule is CC1Cc2scnc2C=C1c1ccc(NC(=O)OC(C)(C)C)cn1. The van der Waals surface area contributed by atoms with Crippen LogP contribution in [0.3, 0.4) is 0 Å². The van der Waals surface area contributed by atoms with E-state index in [0.717, 1.165) is 17.8 Å². The fourth-order valence-electron chi connectivity index (χ4n) is 2.61. The Morgan fingerprint density at radius 3 is 2.79 bits per heavy atom. The predicted molar refractivity (Wildman–Crippen MR) is 96.9 cm³/mol. The van der Waals surface area contributed by atoms with Crippen molar-refractivity contribution in [2.45, 2.75) is 39.7 Å². The number of allylic oxidation sites excluding steroid dienone is 1. The van der Waals surface area contributed by atoms with Gasteiger partial charge in [0, 0.05) is 4.88 Å². The smallest absolute Gasteiger partial charge is 0.412 e. The summed E-state index contributed by atoms with van der Waals surface area (Å²) in [7, 11) is 0. The number of rotatable bonds is 2. The largest absolute Gasteiger partial charge is 0.444 e. The monoisotopic (exact) mass is 343 g/mol. The number of ether oxygens (including phenoxy) is 1. The second-order valence-electron chi connectivity index (χ2n) is 6.92. The van der Waals surface area contributed by atoms with Gasteiger partial charge in [-0.15, -0.1) is 11.3 Å². The number of nitrogens with one attached hydrogen (secondary N) is 1. The third-order valence-corrected chi connectivity index (χ3v) is 4.56. The van der Waals surface area contributed by atoms with Crippen LogP contribution in [-0.4, -0.2) is 21.7 Å². The lowest BCUT2D eigenvalue weighted by molar-refractivity contribution is 0.0636. The normalized spacial score (nSPS) is 17.0. The highest BCUT2D eigenvalue weighted by molar-refractivity contribution is 7.09. The number of anilines is 1. The predicted octanol–water partition coefficient (Wildman–Crippen LogP) is 4.62. The van der Waals surface area contributed by atoms with Crippen molar-refractivity contribution in [3.63, 3.8) is 0 Å². The summed E-state index contributed by atoms with van der Waals surface area (Å²) in [5.74, 6) is 0.398. The first-order valence-corrected chi connectivity index (χ1v) is 8.80. The molecule has 0 bridgehead atoms. The fraction of sp³-hybridized carbons (Fsp3) is 0.389. The van der Waals surface area contributed by atoms with Crippen LogP contribution in [0.1, 0.15) is 44.0 Å². The Bertz CT molecular complexity index is 772. The molecule has 0 fully saturated rings. The Morgan fingerprint density at radius 2 is 2.12 bits per heavy atom. The maximum atomic E-state index is 11.8. The molecule has 0 radical (unpaired) electrons. The van der Waals surface area contributed by atoms with Crippen LogP contribution in [-0.2, 0) is 11.2 Å². The van der Waals surface area contributed by atoms with Crippen molar-refractivity contribution in [2.75, 3.05) is 5.32 Å². The number of fused-ring (bicyclic) bond motifs is 1. The molecule has 24 heavy (non-hydrogen) atoms. The van der Waals surface area contributed by atoms with Gasteiger partial charge in [0.15, 0.2) is 0 Å². The van der Waals surface area contributed by atoms with Crippen LogP contribution < -0.4 is 5.32 Å². The Balaban J connectivity index is 1.74. The van der Waals surface area contributed by atoms with Gasteiger partial charge >= 0.3 is 6.09 Å². The van der Waals surface area contributed by atoms with Gasteiger partial charge in [0.25, 0.3) is 0 Å². The molecule has 1 aliphatic rings. The van der Waals surface area contributed by atoms with E-state index in [9.17, 15) is 4.79 Å². The van der Waals surface area contributed by atoms with E-state index in [-0.39, 0.29) is 0 Å². The standard InChI is InChI=1S/C18H21N3O2S/c1-11-7-16-15(20-10-24-16)8-13(11)14-6-5-12(9-19-14)21-17(22)23-18(2,3)4/h5-6,8-11H,7H2,1-4H3,(H,21,22). The molecule has 126 valence electrons. The molecule has 1 unspecified atom stereocenters. The molecule has 0 spiro atoms. The molecular formula is C18H21N3O2S. The van der Waals surface area contributed by atoms with Crippen LogP contribution in [0.15, 0.2) is 23.8 Å². The molecule has 1 atom stereocenters. The lowest BCUT2D eigenvalue weighted by atomic mass is 9.88. The zero-order valence-corrected chi connectivity index (χ0v) is 15.1. The molecule has 2 heterocycles. The minimum atomic E-state index is -0.523. The van der Waals surface area contributed by atoms with Crippen molar-refractivity contribution in [1.29, 1.82) is 0 Å². The number of hydrogen-bond acceptors (Lipinski definition) is 5. The van der Waals surface area contributed by atoms with E-state index in [2.05, 4.69) is 28.3 Å². The third kappa shape index (κ3) is 3.82. The quantitative estimate of drug-likeness (QED) is 0.864. The van der Waals surface area contributed by atoms with Gasteiger partial charge in [-0.05, 0) is 56.9 Å². The van der Waals surface area contributed by atoms with Crippen LogP contribution in [0, 0.1) is 5.92 Å². The molecule has 0 saturated carbocycles. The van der Waals surface area contributed by atoms with E-state index in [1.165, 1.54) is 10.5 Å². The lowest BCUT2D eigenvalue weighted by Gasteiger charge is -2.21. The van der Waals surface area contributed by atoms with Gasteiger partial charge in [-0.2, -0.15) is 0 Å². The second kappa shape index (κ2) is 6.36. The van der Waals surface area contributed by atoms with Crippen LogP contribution in [0.5, 0.6) is 0 Å². The molecule has 2 aromatic rings. The number of carbonyl (C=O) groups excluding carboxylic acids is 1. The fourth-order valence-corrected chi connectivity index (χ4v) is 3.49. The average molecular weight is 343 g/mol.